The topological polar surface area (TPSA) is 29.5 Å². The number of carbonyl (C=O) groups excluding carboxylic acids is 1. The molecule has 1 amide bonds. The minimum atomic E-state index is -0.663. The molecule has 0 atom stereocenters. The first-order valence-corrected chi connectivity index (χ1v) is 3.72. The van der Waals surface area contributed by atoms with Gasteiger partial charge in [-0.1, -0.05) is 18.2 Å². The zero-order chi connectivity index (χ0) is 8.97. The van der Waals surface area contributed by atoms with Crippen LogP contribution in [-0.4, -0.2) is 12.5 Å². The van der Waals surface area contributed by atoms with Gasteiger partial charge in [0.1, 0.15) is 0 Å². The van der Waals surface area contributed by atoms with Crippen molar-refractivity contribution in [1.82, 2.24) is 0 Å². The number of hydrogen-bond donors (Lipinski definition) is 0. The quantitative estimate of drug-likeness (QED) is 0.402. The lowest BCUT2D eigenvalue weighted by Gasteiger charge is -2.15. The molecule has 12 heavy (non-hydrogen) atoms. The predicted molar refractivity (Wildman–Crippen MR) is 47.2 cm³/mol. The molecular formula is C8H8ClNO2. The van der Waals surface area contributed by atoms with Crippen molar-refractivity contribution in [2.45, 2.75) is 0 Å². The zero-order valence-electron chi connectivity index (χ0n) is 6.53. The van der Waals surface area contributed by atoms with Crippen LogP contribution >= 0.6 is 11.6 Å². The van der Waals surface area contributed by atoms with Crippen LogP contribution in [0.25, 0.3) is 0 Å². The van der Waals surface area contributed by atoms with Crippen molar-refractivity contribution in [3.8, 4) is 0 Å². The van der Waals surface area contributed by atoms with Gasteiger partial charge in [-0.2, -0.15) is 5.06 Å². The van der Waals surface area contributed by atoms with E-state index < -0.39 is 5.37 Å². The summed E-state index contributed by atoms with van der Waals surface area (Å²) in [7, 11) is 1.38. The monoisotopic (exact) mass is 185 g/mol. The van der Waals surface area contributed by atoms with Crippen molar-refractivity contribution in [3.63, 3.8) is 0 Å². The molecule has 0 radical (unpaired) electrons. The largest absolute Gasteiger partial charge is 0.344 e. The van der Waals surface area contributed by atoms with E-state index in [4.69, 9.17) is 16.4 Å². The van der Waals surface area contributed by atoms with E-state index in [1.54, 1.807) is 24.3 Å². The summed E-state index contributed by atoms with van der Waals surface area (Å²) in [5.41, 5.74) is 0.611. The Balaban J connectivity index is 2.88. The standard InChI is InChI=1S/C8H8ClNO2/c1-12-10(8(9)11)7-5-3-2-4-6-7/h2-6H,1H3. The summed E-state index contributed by atoms with van der Waals surface area (Å²) in [6.07, 6.45) is 0. The molecule has 0 heterocycles. The van der Waals surface area contributed by atoms with Crippen LogP contribution in [0.3, 0.4) is 0 Å². The van der Waals surface area contributed by atoms with E-state index in [1.165, 1.54) is 7.11 Å². The van der Waals surface area contributed by atoms with Crippen LogP contribution in [0.5, 0.6) is 0 Å². The summed E-state index contributed by atoms with van der Waals surface area (Å²) < 4.78 is 0. The number of carbonyl (C=O) groups is 1. The maximum atomic E-state index is 10.7. The smallest absolute Gasteiger partial charge is 0.268 e. The number of benzene rings is 1. The van der Waals surface area contributed by atoms with Gasteiger partial charge in [0.2, 0.25) is 0 Å². The maximum absolute atomic E-state index is 10.7. The molecule has 3 nitrogen and oxygen atoms in total. The second kappa shape index (κ2) is 4.09. The molecule has 0 saturated heterocycles. The number of halogens is 1. The molecule has 0 aliphatic rings. The first-order chi connectivity index (χ1) is 5.75. The van der Waals surface area contributed by atoms with Crippen molar-refractivity contribution < 1.29 is 9.63 Å². The highest BCUT2D eigenvalue weighted by atomic mass is 35.5. The molecule has 1 aromatic carbocycles. The van der Waals surface area contributed by atoms with Crippen LogP contribution in [0.1, 0.15) is 0 Å². The second-order valence-corrected chi connectivity index (χ2v) is 2.39. The highest BCUT2D eigenvalue weighted by Crippen LogP contribution is 2.14. The van der Waals surface area contributed by atoms with Gasteiger partial charge in [-0.25, -0.2) is 0 Å². The van der Waals surface area contributed by atoms with E-state index in [2.05, 4.69) is 0 Å². The van der Waals surface area contributed by atoms with Gasteiger partial charge in [0, 0.05) is 0 Å². The Morgan fingerprint density at radius 1 is 1.42 bits per heavy atom. The molecule has 0 N–H and O–H groups in total. The Morgan fingerprint density at radius 3 is 2.42 bits per heavy atom. The van der Waals surface area contributed by atoms with Crippen LogP contribution in [-0.2, 0) is 4.84 Å². The van der Waals surface area contributed by atoms with Crippen LogP contribution in [0, 0.1) is 0 Å². The number of amides is 1. The first-order valence-electron chi connectivity index (χ1n) is 3.34. The first kappa shape index (κ1) is 9.03. The molecule has 0 fully saturated rings. The fourth-order valence-corrected chi connectivity index (χ4v) is 1.01. The predicted octanol–water partition coefficient (Wildman–Crippen LogP) is 2.41. The molecule has 0 bridgehead atoms. The molecule has 1 rings (SSSR count). The van der Waals surface area contributed by atoms with Gasteiger partial charge in [0.15, 0.2) is 0 Å². The number of hydrogen-bond acceptors (Lipinski definition) is 2. The van der Waals surface area contributed by atoms with Crippen molar-refractivity contribution in [3.05, 3.63) is 30.3 Å². The third-order valence-corrected chi connectivity index (χ3v) is 1.49. The molecule has 0 aliphatic carbocycles. The van der Waals surface area contributed by atoms with Crippen LogP contribution < -0.4 is 5.06 Å². The SMILES string of the molecule is CON(C(=O)Cl)c1ccccc1. The minimum absolute atomic E-state index is 0.611. The molecule has 64 valence electrons. The highest BCUT2D eigenvalue weighted by molar-refractivity contribution is 6.65. The van der Waals surface area contributed by atoms with E-state index in [9.17, 15) is 4.79 Å². The Bertz CT molecular complexity index is 263. The Labute approximate surface area is 75.5 Å². The molecule has 0 saturated carbocycles. The Morgan fingerprint density at radius 2 is 2.00 bits per heavy atom. The van der Waals surface area contributed by atoms with E-state index in [-0.39, 0.29) is 0 Å². The summed E-state index contributed by atoms with van der Waals surface area (Å²) in [6.45, 7) is 0. The number of rotatable bonds is 2. The summed E-state index contributed by atoms with van der Waals surface area (Å²) in [4.78, 5) is 15.5. The third kappa shape index (κ3) is 1.96. The summed E-state index contributed by atoms with van der Waals surface area (Å²) in [5, 5.41) is 0.338. The van der Waals surface area contributed by atoms with Crippen LogP contribution in [0.15, 0.2) is 30.3 Å². The third-order valence-electron chi connectivity index (χ3n) is 1.33. The molecule has 0 spiro atoms. The zero-order valence-corrected chi connectivity index (χ0v) is 7.28. The maximum Gasteiger partial charge on any atom is 0.344 e. The summed E-state index contributed by atoms with van der Waals surface area (Å²) >= 11 is 5.24. The van der Waals surface area contributed by atoms with Crippen molar-refractivity contribution in [1.29, 1.82) is 0 Å². The normalized spacial score (nSPS) is 9.50. The lowest BCUT2D eigenvalue weighted by Crippen LogP contribution is -2.23. The fraction of sp³-hybridized carbons (Fsp3) is 0.125. The summed E-state index contributed by atoms with van der Waals surface area (Å²) in [5.74, 6) is 0. The minimum Gasteiger partial charge on any atom is -0.268 e. The Hall–Kier alpha value is -1.06. The van der Waals surface area contributed by atoms with Crippen molar-refractivity contribution in [2.75, 3.05) is 12.2 Å². The average Bonchev–Trinajstić information content (AvgIpc) is 2.07. The van der Waals surface area contributed by atoms with E-state index in [0.717, 1.165) is 5.06 Å². The van der Waals surface area contributed by atoms with E-state index in [0.29, 0.717) is 5.69 Å². The molecule has 0 aromatic heterocycles. The molecule has 1 aromatic rings. The van der Waals surface area contributed by atoms with Gasteiger partial charge in [-0.15, -0.1) is 0 Å². The van der Waals surface area contributed by atoms with Gasteiger partial charge >= 0.3 is 5.37 Å². The second-order valence-electron chi connectivity index (χ2n) is 2.07. The lowest BCUT2D eigenvalue weighted by molar-refractivity contribution is 0.176. The van der Waals surface area contributed by atoms with Gasteiger partial charge < -0.3 is 0 Å². The van der Waals surface area contributed by atoms with Gasteiger partial charge in [0.05, 0.1) is 12.8 Å². The highest BCUT2D eigenvalue weighted by Gasteiger charge is 2.10. The Kier molecular flexibility index (Phi) is 3.08. The van der Waals surface area contributed by atoms with Crippen molar-refractivity contribution >= 4 is 22.7 Å². The number of hydroxylamine groups is 1. The molecular weight excluding hydrogens is 178 g/mol. The van der Waals surface area contributed by atoms with Crippen LogP contribution in [0.2, 0.25) is 0 Å². The number of para-hydroxylation sites is 1. The van der Waals surface area contributed by atoms with Crippen molar-refractivity contribution in [2.24, 2.45) is 0 Å². The molecule has 4 heteroatoms. The lowest BCUT2D eigenvalue weighted by atomic mass is 10.3. The van der Waals surface area contributed by atoms with Gasteiger partial charge in [-0.05, 0) is 23.7 Å². The van der Waals surface area contributed by atoms with Crippen LogP contribution in [0.4, 0.5) is 10.5 Å². The fourth-order valence-electron chi connectivity index (χ4n) is 0.842. The van der Waals surface area contributed by atoms with E-state index in [1.807, 2.05) is 6.07 Å². The molecule has 0 unspecified atom stereocenters. The number of nitrogens with zero attached hydrogens (tertiary/aromatic N) is 1. The number of anilines is 1. The van der Waals surface area contributed by atoms with Gasteiger partial charge in [-0.3, -0.25) is 9.63 Å². The summed E-state index contributed by atoms with van der Waals surface area (Å²) in [6, 6.07) is 8.88. The van der Waals surface area contributed by atoms with E-state index >= 15 is 0 Å². The molecule has 0 aliphatic heterocycles. The average molecular weight is 186 g/mol. The van der Waals surface area contributed by atoms with Gasteiger partial charge in [0.25, 0.3) is 0 Å².